The van der Waals surface area contributed by atoms with E-state index in [1.807, 2.05) is 0 Å². The van der Waals surface area contributed by atoms with Crippen LogP contribution in [0.15, 0.2) is 10.7 Å². The van der Waals surface area contributed by atoms with Gasteiger partial charge in [-0.05, 0) is 15.9 Å². The Bertz CT molecular complexity index is 371. The van der Waals surface area contributed by atoms with Crippen molar-refractivity contribution in [3.63, 3.8) is 0 Å². The third-order valence-electron chi connectivity index (χ3n) is 1.76. The van der Waals surface area contributed by atoms with Crippen molar-refractivity contribution < 1.29 is 4.79 Å². The first kappa shape index (κ1) is 12.7. The molecule has 0 saturated heterocycles. The molecule has 0 spiro atoms. The molecule has 1 aromatic rings. The number of aromatic nitrogens is 2. The molecule has 0 saturated carbocycles. The Morgan fingerprint density at radius 3 is 2.88 bits per heavy atom. The number of hydrogen-bond donors (Lipinski definition) is 3. The van der Waals surface area contributed by atoms with Gasteiger partial charge in [0.1, 0.15) is 5.82 Å². The van der Waals surface area contributed by atoms with Gasteiger partial charge in [-0.15, -0.1) is 0 Å². The zero-order valence-corrected chi connectivity index (χ0v) is 10.8. The highest BCUT2D eigenvalue weighted by atomic mass is 79.9. The van der Waals surface area contributed by atoms with Crippen molar-refractivity contribution in [1.29, 1.82) is 0 Å². The van der Waals surface area contributed by atoms with Crippen LogP contribution in [0.4, 0.5) is 11.8 Å². The highest BCUT2D eigenvalue weighted by Crippen LogP contribution is 2.19. The summed E-state index contributed by atoms with van der Waals surface area (Å²) in [4.78, 5) is 18.9. The predicted octanol–water partition coefficient (Wildman–Crippen LogP) is 0.829. The molecule has 0 atom stereocenters. The van der Waals surface area contributed by atoms with Crippen LogP contribution in [0.2, 0.25) is 0 Å². The average molecular weight is 288 g/mol. The maximum atomic E-state index is 10.6. The van der Waals surface area contributed by atoms with Gasteiger partial charge in [0.05, 0.1) is 4.47 Å². The van der Waals surface area contributed by atoms with Crippen molar-refractivity contribution >= 4 is 33.6 Å². The summed E-state index contributed by atoms with van der Waals surface area (Å²) in [6, 6.07) is 0. The van der Waals surface area contributed by atoms with Gasteiger partial charge in [0.15, 0.2) is 0 Å². The number of carbonyl (C=O) groups is 1. The van der Waals surface area contributed by atoms with Crippen molar-refractivity contribution in [2.45, 2.75) is 6.92 Å². The van der Waals surface area contributed by atoms with Crippen LogP contribution in [0, 0.1) is 0 Å². The molecule has 1 heterocycles. The molecular formula is C9H14BrN5O. The molecule has 16 heavy (non-hydrogen) atoms. The van der Waals surface area contributed by atoms with E-state index in [4.69, 9.17) is 0 Å². The molecule has 88 valence electrons. The zero-order valence-electron chi connectivity index (χ0n) is 9.17. The van der Waals surface area contributed by atoms with Crippen LogP contribution >= 0.6 is 15.9 Å². The summed E-state index contributed by atoms with van der Waals surface area (Å²) in [5.74, 6) is 1.20. The second-order valence-electron chi connectivity index (χ2n) is 3.05. The highest BCUT2D eigenvalue weighted by Gasteiger charge is 2.03. The fraction of sp³-hybridized carbons (Fsp3) is 0.444. The quantitative estimate of drug-likeness (QED) is 0.699. The normalized spacial score (nSPS) is 9.69. The van der Waals surface area contributed by atoms with Gasteiger partial charge in [0, 0.05) is 33.3 Å². The van der Waals surface area contributed by atoms with Crippen molar-refractivity contribution in [2.24, 2.45) is 0 Å². The van der Waals surface area contributed by atoms with Crippen molar-refractivity contribution in [1.82, 2.24) is 15.3 Å². The van der Waals surface area contributed by atoms with Crippen molar-refractivity contribution in [3.8, 4) is 0 Å². The highest BCUT2D eigenvalue weighted by molar-refractivity contribution is 9.10. The Morgan fingerprint density at radius 2 is 2.25 bits per heavy atom. The number of nitrogens with zero attached hydrogens (tertiary/aromatic N) is 2. The molecule has 0 aliphatic rings. The lowest BCUT2D eigenvalue weighted by Gasteiger charge is -2.08. The lowest BCUT2D eigenvalue weighted by molar-refractivity contribution is -0.118. The Morgan fingerprint density at radius 1 is 1.50 bits per heavy atom. The summed E-state index contributed by atoms with van der Waals surface area (Å²) < 4.78 is 0.786. The summed E-state index contributed by atoms with van der Waals surface area (Å²) in [5.41, 5.74) is 0. The molecule has 0 aliphatic carbocycles. The minimum atomic E-state index is -0.0422. The number of anilines is 2. The van der Waals surface area contributed by atoms with E-state index in [2.05, 4.69) is 41.8 Å². The molecule has 0 unspecified atom stereocenters. The SMILES string of the molecule is CNc1ncc(Br)c(NCCNC(C)=O)n1. The Kier molecular flexibility index (Phi) is 4.97. The van der Waals surface area contributed by atoms with Crippen molar-refractivity contribution in [3.05, 3.63) is 10.7 Å². The van der Waals surface area contributed by atoms with E-state index in [0.717, 1.165) is 4.47 Å². The first-order chi connectivity index (χ1) is 7.63. The van der Waals surface area contributed by atoms with E-state index in [9.17, 15) is 4.79 Å². The molecule has 0 radical (unpaired) electrons. The number of halogens is 1. The van der Waals surface area contributed by atoms with E-state index in [1.165, 1.54) is 6.92 Å². The first-order valence-electron chi connectivity index (χ1n) is 4.82. The van der Waals surface area contributed by atoms with Gasteiger partial charge in [-0.2, -0.15) is 4.98 Å². The minimum Gasteiger partial charge on any atom is -0.367 e. The third kappa shape index (κ3) is 4.01. The Balaban J connectivity index is 2.49. The summed E-state index contributed by atoms with van der Waals surface area (Å²) in [7, 11) is 1.75. The Hall–Kier alpha value is -1.37. The monoisotopic (exact) mass is 287 g/mol. The van der Waals surface area contributed by atoms with Gasteiger partial charge in [-0.1, -0.05) is 0 Å². The molecule has 7 heteroatoms. The van der Waals surface area contributed by atoms with E-state index in [1.54, 1.807) is 13.2 Å². The molecule has 0 bridgehead atoms. The molecule has 0 aliphatic heterocycles. The molecule has 0 aromatic carbocycles. The lowest BCUT2D eigenvalue weighted by atomic mass is 10.5. The zero-order chi connectivity index (χ0) is 12.0. The maximum absolute atomic E-state index is 10.6. The van der Waals surface area contributed by atoms with Gasteiger partial charge in [-0.25, -0.2) is 4.98 Å². The maximum Gasteiger partial charge on any atom is 0.224 e. The van der Waals surface area contributed by atoms with Crippen LogP contribution in [0.25, 0.3) is 0 Å². The molecule has 1 aromatic heterocycles. The van der Waals surface area contributed by atoms with Gasteiger partial charge >= 0.3 is 0 Å². The summed E-state index contributed by atoms with van der Waals surface area (Å²) in [6.45, 7) is 2.65. The van der Waals surface area contributed by atoms with E-state index >= 15 is 0 Å². The molecule has 6 nitrogen and oxygen atoms in total. The van der Waals surface area contributed by atoms with Crippen LogP contribution in [0.1, 0.15) is 6.92 Å². The first-order valence-corrected chi connectivity index (χ1v) is 5.61. The van der Waals surface area contributed by atoms with E-state index < -0.39 is 0 Å². The second-order valence-corrected chi connectivity index (χ2v) is 3.90. The van der Waals surface area contributed by atoms with E-state index in [0.29, 0.717) is 24.9 Å². The fourth-order valence-electron chi connectivity index (χ4n) is 1.03. The number of rotatable bonds is 5. The van der Waals surface area contributed by atoms with Crippen molar-refractivity contribution in [2.75, 3.05) is 30.8 Å². The van der Waals surface area contributed by atoms with E-state index in [-0.39, 0.29) is 5.91 Å². The number of carbonyl (C=O) groups excluding carboxylic acids is 1. The van der Waals surface area contributed by atoms with Gasteiger partial charge in [0.25, 0.3) is 0 Å². The number of amides is 1. The molecule has 1 rings (SSSR count). The summed E-state index contributed by atoms with van der Waals surface area (Å²) in [6.07, 6.45) is 1.67. The smallest absolute Gasteiger partial charge is 0.224 e. The van der Waals surface area contributed by atoms with Gasteiger partial charge in [0.2, 0.25) is 11.9 Å². The van der Waals surface area contributed by atoms with Crippen LogP contribution in [0.5, 0.6) is 0 Å². The van der Waals surface area contributed by atoms with Crippen LogP contribution < -0.4 is 16.0 Å². The molecule has 3 N–H and O–H groups in total. The second kappa shape index (κ2) is 6.26. The van der Waals surface area contributed by atoms with Gasteiger partial charge < -0.3 is 16.0 Å². The fourth-order valence-corrected chi connectivity index (χ4v) is 1.36. The Labute approximate surface area is 102 Å². The van der Waals surface area contributed by atoms with Gasteiger partial charge in [-0.3, -0.25) is 4.79 Å². The third-order valence-corrected chi connectivity index (χ3v) is 2.34. The standard InChI is InChI=1S/C9H14BrN5O/c1-6(16)12-3-4-13-8-7(10)5-14-9(11-2)15-8/h5H,3-4H2,1-2H3,(H,12,16)(H2,11,13,14,15). The summed E-state index contributed by atoms with van der Waals surface area (Å²) in [5, 5.41) is 8.63. The van der Waals surface area contributed by atoms with Crippen LogP contribution in [-0.4, -0.2) is 36.0 Å². The van der Waals surface area contributed by atoms with Crippen LogP contribution in [0.3, 0.4) is 0 Å². The molecule has 0 fully saturated rings. The molecular weight excluding hydrogens is 274 g/mol. The average Bonchev–Trinajstić information content (AvgIpc) is 2.26. The number of hydrogen-bond acceptors (Lipinski definition) is 5. The largest absolute Gasteiger partial charge is 0.367 e. The number of nitrogens with one attached hydrogen (secondary N) is 3. The lowest BCUT2D eigenvalue weighted by Crippen LogP contribution is -2.26. The van der Waals surface area contributed by atoms with Crippen LogP contribution in [-0.2, 0) is 4.79 Å². The summed E-state index contributed by atoms with van der Waals surface area (Å²) >= 11 is 3.34. The molecule has 1 amide bonds. The topological polar surface area (TPSA) is 78.9 Å². The minimum absolute atomic E-state index is 0.0422. The predicted molar refractivity (Wildman–Crippen MR) is 66.5 cm³/mol.